The molecule has 0 radical (unpaired) electrons. The Balaban J connectivity index is 1.98. The highest BCUT2D eigenvalue weighted by Gasteiger charge is 2.21. The van der Waals surface area contributed by atoms with Crippen molar-refractivity contribution in [3.63, 3.8) is 0 Å². The van der Waals surface area contributed by atoms with Crippen molar-refractivity contribution >= 4 is 15.9 Å². The maximum atomic E-state index is 13.9. The maximum Gasteiger partial charge on any atom is 0.144 e. The number of benzene rings is 1. The molecule has 0 aliphatic carbocycles. The van der Waals surface area contributed by atoms with Crippen LogP contribution in [0.3, 0.4) is 0 Å². The summed E-state index contributed by atoms with van der Waals surface area (Å²) in [5.74, 6) is -0.120. The number of piperidine rings is 1. The van der Waals surface area contributed by atoms with Crippen LogP contribution in [0.4, 0.5) is 8.78 Å². The summed E-state index contributed by atoms with van der Waals surface area (Å²) in [4.78, 5) is 2.15. The smallest absolute Gasteiger partial charge is 0.144 e. The first-order chi connectivity index (χ1) is 9.11. The molecule has 0 aromatic heterocycles. The molecule has 1 fully saturated rings. The number of nitrogens with zero attached hydrogens (tertiary/aromatic N) is 1. The predicted octanol–water partition coefficient (Wildman–Crippen LogP) is 4.74. The Morgan fingerprint density at radius 1 is 1.26 bits per heavy atom. The van der Waals surface area contributed by atoms with Crippen molar-refractivity contribution in [3.05, 3.63) is 33.8 Å². The van der Waals surface area contributed by atoms with Crippen LogP contribution >= 0.6 is 15.9 Å². The van der Waals surface area contributed by atoms with E-state index in [-0.39, 0.29) is 5.56 Å². The van der Waals surface area contributed by atoms with E-state index in [2.05, 4.69) is 27.8 Å². The normalized spacial score (nSPS) is 17.9. The van der Waals surface area contributed by atoms with Crippen molar-refractivity contribution in [1.82, 2.24) is 4.90 Å². The molecule has 1 aliphatic rings. The van der Waals surface area contributed by atoms with Crippen molar-refractivity contribution in [3.8, 4) is 0 Å². The summed E-state index contributed by atoms with van der Waals surface area (Å²) in [5.41, 5.74) is 0.184. The van der Waals surface area contributed by atoms with Gasteiger partial charge in [-0.3, -0.25) is 4.90 Å². The maximum absolute atomic E-state index is 13.9. The Bertz CT molecular complexity index is 428. The predicted molar refractivity (Wildman–Crippen MR) is 77.0 cm³/mol. The minimum Gasteiger partial charge on any atom is -0.299 e. The lowest BCUT2D eigenvalue weighted by molar-refractivity contribution is 0.168. The molecule has 1 saturated heterocycles. The van der Waals surface area contributed by atoms with Gasteiger partial charge >= 0.3 is 0 Å². The first-order valence-electron chi connectivity index (χ1n) is 6.96. The van der Waals surface area contributed by atoms with Crippen LogP contribution in [0, 0.1) is 17.6 Å². The molecule has 0 atom stereocenters. The fourth-order valence-electron chi connectivity index (χ4n) is 2.78. The fourth-order valence-corrected chi connectivity index (χ4v) is 3.15. The zero-order chi connectivity index (χ0) is 13.8. The van der Waals surface area contributed by atoms with Gasteiger partial charge in [0.1, 0.15) is 11.6 Å². The van der Waals surface area contributed by atoms with E-state index >= 15 is 0 Å². The molecule has 0 spiro atoms. The summed E-state index contributed by atoms with van der Waals surface area (Å²) in [6.45, 7) is 4.46. The highest BCUT2D eigenvalue weighted by atomic mass is 79.9. The lowest BCUT2D eigenvalue weighted by Crippen LogP contribution is -2.33. The SMILES string of the molecule is CCCC1CCN(Cc2c(F)ccc(Br)c2F)CC1. The zero-order valence-electron chi connectivity index (χ0n) is 11.3. The standard InChI is InChI=1S/C15H20BrF2N/c1-2-3-11-6-8-19(9-7-11)10-12-14(17)5-4-13(16)15(12)18/h4-5,11H,2-3,6-10H2,1H3. The lowest BCUT2D eigenvalue weighted by Gasteiger charge is -2.32. The minimum absolute atomic E-state index is 0.184. The molecular formula is C15H20BrF2N. The van der Waals surface area contributed by atoms with Gasteiger partial charge in [-0.15, -0.1) is 0 Å². The molecule has 1 aromatic carbocycles. The first-order valence-corrected chi connectivity index (χ1v) is 7.75. The Morgan fingerprint density at radius 2 is 1.95 bits per heavy atom. The van der Waals surface area contributed by atoms with Crippen LogP contribution in [0.1, 0.15) is 38.2 Å². The number of rotatable bonds is 4. The van der Waals surface area contributed by atoms with Gasteiger partial charge in [0.05, 0.1) is 4.47 Å². The Hall–Kier alpha value is -0.480. The highest BCUT2D eigenvalue weighted by Crippen LogP contribution is 2.26. The third-order valence-corrected chi connectivity index (χ3v) is 4.54. The van der Waals surface area contributed by atoms with Crippen LogP contribution in [0.25, 0.3) is 0 Å². The van der Waals surface area contributed by atoms with Crippen LogP contribution in [0.15, 0.2) is 16.6 Å². The van der Waals surface area contributed by atoms with Crippen LogP contribution in [-0.4, -0.2) is 18.0 Å². The van der Waals surface area contributed by atoms with Gasteiger partial charge in [0.25, 0.3) is 0 Å². The lowest BCUT2D eigenvalue weighted by atomic mass is 9.92. The van der Waals surface area contributed by atoms with Crippen LogP contribution in [-0.2, 0) is 6.54 Å². The second-order valence-corrected chi connectivity index (χ2v) is 6.18. The minimum atomic E-state index is -0.462. The van der Waals surface area contributed by atoms with Crippen LogP contribution < -0.4 is 0 Å². The van der Waals surface area contributed by atoms with Crippen LogP contribution in [0.5, 0.6) is 0 Å². The van der Waals surface area contributed by atoms with Gasteiger partial charge < -0.3 is 0 Å². The summed E-state index contributed by atoms with van der Waals surface area (Å²) in [6.07, 6.45) is 4.78. The second kappa shape index (κ2) is 6.80. The summed E-state index contributed by atoms with van der Waals surface area (Å²) in [7, 11) is 0. The molecule has 4 heteroatoms. The van der Waals surface area contributed by atoms with Crippen molar-refractivity contribution in [1.29, 1.82) is 0 Å². The van der Waals surface area contributed by atoms with Crippen molar-refractivity contribution in [2.24, 2.45) is 5.92 Å². The van der Waals surface area contributed by atoms with E-state index in [4.69, 9.17) is 0 Å². The largest absolute Gasteiger partial charge is 0.299 e. The quantitative estimate of drug-likeness (QED) is 0.720. The molecule has 0 N–H and O–H groups in total. The van der Waals surface area contributed by atoms with E-state index in [1.165, 1.54) is 25.0 Å². The molecule has 1 heterocycles. The van der Waals surface area contributed by atoms with E-state index in [1.807, 2.05) is 0 Å². The number of halogens is 3. The molecule has 0 amide bonds. The molecule has 1 aliphatic heterocycles. The molecule has 0 saturated carbocycles. The molecule has 1 aromatic rings. The van der Waals surface area contributed by atoms with Gasteiger partial charge in [0.2, 0.25) is 0 Å². The Morgan fingerprint density at radius 3 is 2.58 bits per heavy atom. The summed E-state index contributed by atoms with van der Waals surface area (Å²) in [5, 5.41) is 0. The van der Waals surface area contributed by atoms with Gasteiger partial charge in [-0.1, -0.05) is 19.8 Å². The van der Waals surface area contributed by atoms with E-state index in [9.17, 15) is 8.78 Å². The van der Waals surface area contributed by atoms with E-state index < -0.39 is 11.6 Å². The second-order valence-electron chi connectivity index (χ2n) is 5.33. The molecule has 19 heavy (non-hydrogen) atoms. The third kappa shape index (κ3) is 3.76. The molecular weight excluding hydrogens is 312 g/mol. The number of likely N-dealkylation sites (tertiary alicyclic amines) is 1. The molecule has 1 nitrogen and oxygen atoms in total. The third-order valence-electron chi connectivity index (χ3n) is 3.92. The first kappa shape index (κ1) is 14.9. The van der Waals surface area contributed by atoms with Crippen molar-refractivity contribution in [2.75, 3.05) is 13.1 Å². The topological polar surface area (TPSA) is 3.24 Å². The molecule has 2 rings (SSSR count). The van der Waals surface area contributed by atoms with Crippen LogP contribution in [0.2, 0.25) is 0 Å². The highest BCUT2D eigenvalue weighted by molar-refractivity contribution is 9.10. The number of hydrogen-bond acceptors (Lipinski definition) is 1. The molecule has 0 unspecified atom stereocenters. The Kier molecular flexibility index (Phi) is 5.34. The monoisotopic (exact) mass is 331 g/mol. The summed E-state index contributed by atoms with van der Waals surface area (Å²) in [6, 6.07) is 2.74. The average Bonchev–Trinajstić information content (AvgIpc) is 2.41. The summed E-state index contributed by atoms with van der Waals surface area (Å²) >= 11 is 3.11. The summed E-state index contributed by atoms with van der Waals surface area (Å²) < 4.78 is 27.9. The van der Waals surface area contributed by atoms with E-state index in [0.717, 1.165) is 31.8 Å². The fraction of sp³-hybridized carbons (Fsp3) is 0.600. The van der Waals surface area contributed by atoms with Gasteiger partial charge in [0.15, 0.2) is 0 Å². The van der Waals surface area contributed by atoms with E-state index in [1.54, 1.807) is 0 Å². The van der Waals surface area contributed by atoms with Gasteiger partial charge in [0, 0.05) is 12.1 Å². The van der Waals surface area contributed by atoms with E-state index in [0.29, 0.717) is 11.0 Å². The van der Waals surface area contributed by atoms with Crippen molar-refractivity contribution < 1.29 is 8.78 Å². The zero-order valence-corrected chi connectivity index (χ0v) is 12.8. The Labute approximate surface area is 122 Å². The average molecular weight is 332 g/mol. The molecule has 106 valence electrons. The van der Waals surface area contributed by atoms with Gasteiger partial charge in [-0.25, -0.2) is 8.78 Å². The van der Waals surface area contributed by atoms with Gasteiger partial charge in [-0.2, -0.15) is 0 Å². The van der Waals surface area contributed by atoms with Gasteiger partial charge in [-0.05, 0) is 59.9 Å². The van der Waals surface area contributed by atoms with Crippen molar-refractivity contribution in [2.45, 2.75) is 39.2 Å². The molecule has 0 bridgehead atoms. The number of hydrogen-bond donors (Lipinski definition) is 0.